The maximum absolute atomic E-state index is 4.84. The molecule has 1 aliphatic carbocycles. The molecule has 1 unspecified atom stereocenters. The molecule has 1 heterocycles. The van der Waals surface area contributed by atoms with Crippen molar-refractivity contribution in [3.63, 3.8) is 0 Å². The number of nitrogens with zero attached hydrogens (tertiary/aromatic N) is 2. The van der Waals surface area contributed by atoms with E-state index in [4.69, 9.17) is 9.97 Å². The van der Waals surface area contributed by atoms with Gasteiger partial charge in [0.25, 0.3) is 0 Å². The fourth-order valence-electron chi connectivity index (χ4n) is 3.52. The normalized spacial score (nSPS) is 17.6. The number of aromatic nitrogens is 2. The molecule has 21 heavy (non-hydrogen) atoms. The molecule has 0 spiro atoms. The molecule has 0 saturated heterocycles. The summed E-state index contributed by atoms with van der Waals surface area (Å²) in [6.45, 7) is 13.2. The smallest absolute Gasteiger partial charge is 0.131 e. The highest BCUT2D eigenvalue weighted by atomic mass is 14.9. The maximum atomic E-state index is 4.84. The standard InChI is InChI=1S/C18H31N3/c1-12(2)10-19-11-13(3)17-14(4)20-18(21-15(17)5)16-8-6-7-9-16/h12-13,16,19H,6-11H2,1-5H3. The SMILES string of the molecule is Cc1nc(C2CCCC2)nc(C)c1C(C)CNCC(C)C. The predicted molar refractivity (Wildman–Crippen MR) is 88.8 cm³/mol. The molecule has 2 rings (SSSR count). The van der Waals surface area contributed by atoms with E-state index in [1.54, 1.807) is 0 Å². The Labute approximate surface area is 130 Å². The maximum Gasteiger partial charge on any atom is 0.131 e. The van der Waals surface area contributed by atoms with Gasteiger partial charge >= 0.3 is 0 Å². The van der Waals surface area contributed by atoms with Crippen LogP contribution in [0, 0.1) is 19.8 Å². The third kappa shape index (κ3) is 4.26. The Morgan fingerprint density at radius 3 is 2.10 bits per heavy atom. The van der Waals surface area contributed by atoms with Crippen LogP contribution in [0.3, 0.4) is 0 Å². The molecule has 1 fully saturated rings. The third-order valence-electron chi connectivity index (χ3n) is 4.56. The summed E-state index contributed by atoms with van der Waals surface area (Å²) < 4.78 is 0. The third-order valence-corrected chi connectivity index (χ3v) is 4.56. The van der Waals surface area contributed by atoms with Crippen LogP contribution in [-0.4, -0.2) is 23.1 Å². The molecule has 1 N–H and O–H groups in total. The number of hydrogen-bond acceptors (Lipinski definition) is 3. The highest BCUT2D eigenvalue weighted by Gasteiger charge is 2.22. The summed E-state index contributed by atoms with van der Waals surface area (Å²) in [5.74, 6) is 2.86. The average Bonchev–Trinajstić information content (AvgIpc) is 2.91. The summed E-state index contributed by atoms with van der Waals surface area (Å²) in [7, 11) is 0. The van der Waals surface area contributed by atoms with E-state index in [2.05, 4.69) is 39.9 Å². The molecule has 3 nitrogen and oxygen atoms in total. The Morgan fingerprint density at radius 2 is 1.57 bits per heavy atom. The summed E-state index contributed by atoms with van der Waals surface area (Å²) in [4.78, 5) is 9.68. The first-order valence-corrected chi connectivity index (χ1v) is 8.54. The lowest BCUT2D eigenvalue weighted by atomic mass is 9.97. The Bertz CT molecular complexity index is 439. The van der Waals surface area contributed by atoms with Gasteiger partial charge in [0.05, 0.1) is 0 Å². The zero-order valence-corrected chi connectivity index (χ0v) is 14.4. The number of nitrogens with one attached hydrogen (secondary N) is 1. The zero-order chi connectivity index (χ0) is 15.4. The first-order valence-electron chi connectivity index (χ1n) is 8.54. The molecule has 0 bridgehead atoms. The van der Waals surface area contributed by atoms with E-state index < -0.39 is 0 Å². The van der Waals surface area contributed by atoms with E-state index in [9.17, 15) is 0 Å². The minimum absolute atomic E-state index is 0.473. The largest absolute Gasteiger partial charge is 0.316 e. The van der Waals surface area contributed by atoms with Crippen molar-refractivity contribution in [2.24, 2.45) is 5.92 Å². The molecule has 1 aliphatic rings. The molecule has 3 heteroatoms. The van der Waals surface area contributed by atoms with E-state index in [0.29, 0.717) is 17.8 Å². The minimum Gasteiger partial charge on any atom is -0.316 e. The summed E-state index contributed by atoms with van der Waals surface area (Å²) in [5.41, 5.74) is 3.71. The zero-order valence-electron chi connectivity index (χ0n) is 14.4. The summed E-state index contributed by atoms with van der Waals surface area (Å²) in [5, 5.41) is 3.55. The second-order valence-electron chi connectivity index (χ2n) is 7.10. The van der Waals surface area contributed by atoms with Crippen LogP contribution in [0.25, 0.3) is 0 Å². The van der Waals surface area contributed by atoms with Gasteiger partial charge in [-0.2, -0.15) is 0 Å². The summed E-state index contributed by atoms with van der Waals surface area (Å²) in [6.07, 6.45) is 5.21. The molecule has 0 aliphatic heterocycles. The molecule has 0 amide bonds. The Kier molecular flexibility index (Phi) is 5.74. The van der Waals surface area contributed by atoms with E-state index in [0.717, 1.165) is 18.9 Å². The van der Waals surface area contributed by atoms with Crippen LogP contribution in [0.15, 0.2) is 0 Å². The first-order chi connectivity index (χ1) is 9.99. The topological polar surface area (TPSA) is 37.8 Å². The Balaban J connectivity index is 2.08. The van der Waals surface area contributed by atoms with Gasteiger partial charge in [-0.05, 0) is 50.6 Å². The number of hydrogen-bond donors (Lipinski definition) is 1. The lowest BCUT2D eigenvalue weighted by molar-refractivity contribution is 0.524. The van der Waals surface area contributed by atoms with Crippen molar-refractivity contribution in [3.05, 3.63) is 22.8 Å². The van der Waals surface area contributed by atoms with E-state index >= 15 is 0 Å². The Hall–Kier alpha value is -0.960. The van der Waals surface area contributed by atoms with Gasteiger partial charge in [-0.1, -0.05) is 33.6 Å². The molecule has 1 aromatic rings. The number of aryl methyl sites for hydroxylation is 2. The lowest BCUT2D eigenvalue weighted by Crippen LogP contribution is -2.25. The average molecular weight is 289 g/mol. The van der Waals surface area contributed by atoms with Crippen LogP contribution < -0.4 is 5.32 Å². The van der Waals surface area contributed by atoms with Crippen molar-refractivity contribution < 1.29 is 0 Å². The fourth-order valence-corrected chi connectivity index (χ4v) is 3.52. The van der Waals surface area contributed by atoms with Crippen molar-refractivity contribution in [1.82, 2.24) is 15.3 Å². The van der Waals surface area contributed by atoms with Crippen molar-refractivity contribution >= 4 is 0 Å². The molecular formula is C18H31N3. The van der Waals surface area contributed by atoms with Gasteiger partial charge in [0.1, 0.15) is 5.82 Å². The molecule has 1 aromatic heterocycles. The molecule has 1 saturated carbocycles. The predicted octanol–water partition coefficient (Wildman–Crippen LogP) is 4.10. The fraction of sp³-hybridized carbons (Fsp3) is 0.778. The van der Waals surface area contributed by atoms with Crippen molar-refractivity contribution in [2.75, 3.05) is 13.1 Å². The Morgan fingerprint density at radius 1 is 1.00 bits per heavy atom. The monoisotopic (exact) mass is 289 g/mol. The van der Waals surface area contributed by atoms with Crippen LogP contribution in [0.5, 0.6) is 0 Å². The van der Waals surface area contributed by atoms with Crippen LogP contribution >= 0.6 is 0 Å². The molecule has 1 atom stereocenters. The van der Waals surface area contributed by atoms with Crippen LogP contribution in [0.2, 0.25) is 0 Å². The van der Waals surface area contributed by atoms with Crippen LogP contribution in [0.4, 0.5) is 0 Å². The van der Waals surface area contributed by atoms with Gasteiger partial charge in [0.2, 0.25) is 0 Å². The van der Waals surface area contributed by atoms with E-state index in [1.165, 1.54) is 42.6 Å². The minimum atomic E-state index is 0.473. The molecule has 0 radical (unpaired) electrons. The van der Waals surface area contributed by atoms with Crippen LogP contribution in [-0.2, 0) is 0 Å². The second-order valence-corrected chi connectivity index (χ2v) is 7.10. The van der Waals surface area contributed by atoms with Gasteiger partial charge in [-0.25, -0.2) is 9.97 Å². The van der Waals surface area contributed by atoms with Crippen molar-refractivity contribution in [2.45, 2.75) is 72.1 Å². The quantitative estimate of drug-likeness (QED) is 0.856. The highest BCUT2D eigenvalue weighted by molar-refractivity contribution is 5.29. The molecule has 0 aromatic carbocycles. The van der Waals surface area contributed by atoms with Gasteiger partial charge in [-0.15, -0.1) is 0 Å². The summed E-state index contributed by atoms with van der Waals surface area (Å²) >= 11 is 0. The van der Waals surface area contributed by atoms with Crippen molar-refractivity contribution in [1.29, 1.82) is 0 Å². The van der Waals surface area contributed by atoms with Gasteiger partial charge in [0, 0.05) is 23.9 Å². The second kappa shape index (κ2) is 7.35. The van der Waals surface area contributed by atoms with Gasteiger partial charge < -0.3 is 5.32 Å². The first kappa shape index (κ1) is 16.4. The number of rotatable bonds is 6. The highest BCUT2D eigenvalue weighted by Crippen LogP contribution is 2.33. The van der Waals surface area contributed by atoms with Gasteiger partial charge in [0.15, 0.2) is 0 Å². The van der Waals surface area contributed by atoms with Gasteiger partial charge in [-0.3, -0.25) is 0 Å². The summed E-state index contributed by atoms with van der Waals surface area (Å²) in [6, 6.07) is 0. The molecular weight excluding hydrogens is 258 g/mol. The molecule has 118 valence electrons. The van der Waals surface area contributed by atoms with E-state index in [1.807, 2.05) is 0 Å². The van der Waals surface area contributed by atoms with Crippen LogP contribution in [0.1, 0.15) is 81.1 Å². The van der Waals surface area contributed by atoms with E-state index in [-0.39, 0.29) is 0 Å². The van der Waals surface area contributed by atoms with Crippen molar-refractivity contribution in [3.8, 4) is 0 Å². The lowest BCUT2D eigenvalue weighted by Gasteiger charge is -2.20.